The van der Waals surface area contributed by atoms with Gasteiger partial charge in [0.05, 0.1) is 13.3 Å². The molecule has 0 unspecified atom stereocenters. The van der Waals surface area contributed by atoms with Crippen LogP contribution >= 0.6 is 11.6 Å². The van der Waals surface area contributed by atoms with Crippen LogP contribution in [-0.4, -0.2) is 31.1 Å². The number of benzene rings is 2. The van der Waals surface area contributed by atoms with Gasteiger partial charge in [-0.3, -0.25) is 14.4 Å². The number of methoxy groups -OCH3 is 1. The average molecular weight is 404 g/mol. The molecule has 0 aromatic heterocycles. The molecule has 9 heteroatoms. The molecule has 0 aliphatic carbocycles. The van der Waals surface area contributed by atoms with Crippen molar-refractivity contribution < 1.29 is 23.9 Å². The fourth-order valence-electron chi connectivity index (χ4n) is 2.14. The number of carbonyl (C=O) groups excluding carboxylic acids is 3. The van der Waals surface area contributed by atoms with Crippen molar-refractivity contribution in [3.05, 3.63) is 53.1 Å². The molecule has 0 saturated carbocycles. The van der Waals surface area contributed by atoms with E-state index in [0.717, 1.165) is 0 Å². The van der Waals surface area contributed by atoms with E-state index in [0.29, 0.717) is 22.0 Å². The highest BCUT2D eigenvalue weighted by atomic mass is 35.5. The summed E-state index contributed by atoms with van der Waals surface area (Å²) >= 11 is 5.83. The van der Waals surface area contributed by atoms with Gasteiger partial charge in [-0.1, -0.05) is 17.7 Å². The van der Waals surface area contributed by atoms with Gasteiger partial charge in [0.1, 0.15) is 6.42 Å². The van der Waals surface area contributed by atoms with E-state index in [-0.39, 0.29) is 5.75 Å². The van der Waals surface area contributed by atoms with Crippen molar-refractivity contribution in [2.75, 3.05) is 12.4 Å². The van der Waals surface area contributed by atoms with E-state index < -0.39 is 24.2 Å². The number of amides is 2. The summed E-state index contributed by atoms with van der Waals surface area (Å²) in [4.78, 5) is 34.7. The molecular weight excluding hydrogens is 386 g/mol. The SMILES string of the molecule is COc1cc(/C=N/NC(=O)CC(=O)Nc2cccc(Cl)c2)ccc1OC(C)=O. The van der Waals surface area contributed by atoms with E-state index in [9.17, 15) is 14.4 Å². The second-order valence-corrected chi connectivity index (χ2v) is 5.97. The van der Waals surface area contributed by atoms with Gasteiger partial charge < -0.3 is 14.8 Å². The summed E-state index contributed by atoms with van der Waals surface area (Å²) in [6.07, 6.45) is 0.964. The zero-order valence-corrected chi connectivity index (χ0v) is 15.9. The Labute approximate surface area is 166 Å². The third-order valence-corrected chi connectivity index (χ3v) is 3.51. The molecule has 0 radical (unpaired) electrons. The van der Waals surface area contributed by atoms with E-state index in [2.05, 4.69) is 15.8 Å². The predicted octanol–water partition coefficient (Wildman–Crippen LogP) is 2.75. The largest absolute Gasteiger partial charge is 0.493 e. The molecule has 146 valence electrons. The van der Waals surface area contributed by atoms with E-state index in [1.807, 2.05) is 0 Å². The molecular formula is C19H18ClN3O5. The van der Waals surface area contributed by atoms with Crippen molar-refractivity contribution in [3.63, 3.8) is 0 Å². The Bertz CT molecular complexity index is 914. The van der Waals surface area contributed by atoms with Gasteiger partial charge in [-0.25, -0.2) is 5.43 Å². The molecule has 2 N–H and O–H groups in total. The zero-order valence-electron chi connectivity index (χ0n) is 15.2. The number of hydrogen-bond acceptors (Lipinski definition) is 6. The first-order valence-electron chi connectivity index (χ1n) is 8.11. The maximum atomic E-state index is 11.9. The molecule has 2 rings (SSSR count). The minimum Gasteiger partial charge on any atom is -0.493 e. The van der Waals surface area contributed by atoms with Crippen LogP contribution in [0.15, 0.2) is 47.6 Å². The molecule has 0 spiro atoms. The van der Waals surface area contributed by atoms with Gasteiger partial charge in [0, 0.05) is 17.6 Å². The minimum atomic E-state index is -0.584. The Morgan fingerprint density at radius 3 is 2.57 bits per heavy atom. The maximum absolute atomic E-state index is 11.9. The quantitative estimate of drug-likeness (QED) is 0.243. The van der Waals surface area contributed by atoms with Crippen LogP contribution in [0.1, 0.15) is 18.9 Å². The lowest BCUT2D eigenvalue weighted by Crippen LogP contribution is -2.24. The monoisotopic (exact) mass is 403 g/mol. The molecule has 0 fully saturated rings. The molecule has 2 aromatic rings. The third kappa shape index (κ3) is 6.73. The van der Waals surface area contributed by atoms with Crippen LogP contribution in [0.2, 0.25) is 5.02 Å². The number of esters is 1. The van der Waals surface area contributed by atoms with E-state index in [1.165, 1.54) is 20.2 Å². The number of carbonyl (C=O) groups is 3. The van der Waals surface area contributed by atoms with Crippen LogP contribution in [0.4, 0.5) is 5.69 Å². The second-order valence-electron chi connectivity index (χ2n) is 5.53. The number of nitrogens with zero attached hydrogens (tertiary/aromatic N) is 1. The Balaban J connectivity index is 1.88. The second kappa shape index (κ2) is 10.1. The summed E-state index contributed by atoms with van der Waals surface area (Å²) in [6.45, 7) is 1.28. The van der Waals surface area contributed by atoms with Gasteiger partial charge >= 0.3 is 5.97 Å². The number of hydrogen-bond donors (Lipinski definition) is 2. The van der Waals surface area contributed by atoms with Gasteiger partial charge in [-0.15, -0.1) is 0 Å². The summed E-state index contributed by atoms with van der Waals surface area (Å²) in [5, 5.41) is 6.83. The van der Waals surface area contributed by atoms with Crippen LogP contribution < -0.4 is 20.2 Å². The van der Waals surface area contributed by atoms with Crippen LogP contribution in [-0.2, 0) is 14.4 Å². The Morgan fingerprint density at radius 2 is 1.89 bits per heavy atom. The summed E-state index contributed by atoms with van der Waals surface area (Å²) < 4.78 is 10.1. The Kier molecular flexibility index (Phi) is 7.53. The highest BCUT2D eigenvalue weighted by Crippen LogP contribution is 2.27. The van der Waals surface area contributed by atoms with Gasteiger partial charge in [0.15, 0.2) is 11.5 Å². The van der Waals surface area contributed by atoms with Gasteiger partial charge in [0.2, 0.25) is 11.8 Å². The molecule has 2 aromatic carbocycles. The van der Waals surface area contributed by atoms with Crippen LogP contribution in [0, 0.1) is 0 Å². The number of halogens is 1. The third-order valence-electron chi connectivity index (χ3n) is 3.27. The Hall–Kier alpha value is -3.39. The van der Waals surface area contributed by atoms with Crippen LogP contribution in [0.25, 0.3) is 0 Å². The first-order valence-corrected chi connectivity index (χ1v) is 8.49. The number of anilines is 1. The molecule has 2 amide bonds. The number of ether oxygens (including phenoxy) is 2. The van der Waals surface area contributed by atoms with Crippen molar-refractivity contribution in [1.82, 2.24) is 5.43 Å². The molecule has 8 nitrogen and oxygen atoms in total. The summed E-state index contributed by atoms with van der Waals surface area (Å²) in [7, 11) is 1.43. The average Bonchev–Trinajstić information content (AvgIpc) is 2.62. The van der Waals surface area contributed by atoms with Crippen molar-refractivity contribution in [2.45, 2.75) is 13.3 Å². The molecule has 28 heavy (non-hydrogen) atoms. The highest BCUT2D eigenvalue weighted by molar-refractivity contribution is 6.30. The lowest BCUT2D eigenvalue weighted by atomic mass is 10.2. The first kappa shape index (κ1) is 20.9. The van der Waals surface area contributed by atoms with Crippen LogP contribution in [0.3, 0.4) is 0 Å². The normalized spacial score (nSPS) is 10.4. The Morgan fingerprint density at radius 1 is 1.11 bits per heavy atom. The summed E-state index contributed by atoms with van der Waals surface area (Å²) in [5.74, 6) is -0.940. The van der Waals surface area contributed by atoms with E-state index in [4.69, 9.17) is 21.1 Å². The number of hydrazone groups is 1. The van der Waals surface area contributed by atoms with Crippen molar-refractivity contribution in [2.24, 2.45) is 5.10 Å². The lowest BCUT2D eigenvalue weighted by Gasteiger charge is -2.08. The zero-order chi connectivity index (χ0) is 20.5. The van der Waals surface area contributed by atoms with E-state index in [1.54, 1.807) is 42.5 Å². The van der Waals surface area contributed by atoms with Crippen LogP contribution in [0.5, 0.6) is 11.5 Å². The maximum Gasteiger partial charge on any atom is 0.308 e. The van der Waals surface area contributed by atoms with Gasteiger partial charge in [-0.2, -0.15) is 5.10 Å². The van der Waals surface area contributed by atoms with Gasteiger partial charge in [-0.05, 0) is 42.0 Å². The number of nitrogens with one attached hydrogen (secondary N) is 2. The van der Waals surface area contributed by atoms with Gasteiger partial charge in [0.25, 0.3) is 0 Å². The lowest BCUT2D eigenvalue weighted by molar-refractivity contribution is -0.132. The van der Waals surface area contributed by atoms with Crippen molar-refractivity contribution in [1.29, 1.82) is 0 Å². The minimum absolute atomic E-state index is 0.272. The number of rotatable bonds is 7. The molecule has 0 saturated heterocycles. The first-order chi connectivity index (χ1) is 13.4. The van der Waals surface area contributed by atoms with E-state index >= 15 is 0 Å². The molecule has 0 heterocycles. The topological polar surface area (TPSA) is 106 Å². The summed E-state index contributed by atoms with van der Waals surface area (Å²) in [5.41, 5.74) is 3.35. The standard InChI is InChI=1S/C19H18ClN3O5/c1-12(24)28-16-7-6-13(8-17(16)27-2)11-21-23-19(26)10-18(25)22-15-5-3-4-14(20)9-15/h3-9,11H,10H2,1-2H3,(H,22,25)(H,23,26)/b21-11+. The molecule has 0 aliphatic rings. The fourth-order valence-corrected chi connectivity index (χ4v) is 2.33. The molecule has 0 bridgehead atoms. The summed E-state index contributed by atoms with van der Waals surface area (Å²) in [6, 6.07) is 11.3. The highest BCUT2D eigenvalue weighted by Gasteiger charge is 2.10. The fraction of sp³-hybridized carbons (Fsp3) is 0.158. The predicted molar refractivity (Wildman–Crippen MR) is 105 cm³/mol. The van der Waals surface area contributed by atoms with Crippen molar-refractivity contribution >= 4 is 41.3 Å². The smallest absolute Gasteiger partial charge is 0.308 e. The molecule has 0 atom stereocenters. The van der Waals surface area contributed by atoms with Crippen molar-refractivity contribution in [3.8, 4) is 11.5 Å². The molecule has 0 aliphatic heterocycles.